The molecule has 2 amide bonds. The summed E-state index contributed by atoms with van der Waals surface area (Å²) in [6.07, 6.45) is 4.30. The van der Waals surface area contributed by atoms with Crippen molar-refractivity contribution in [3.63, 3.8) is 0 Å². The first-order chi connectivity index (χ1) is 10.1. The van der Waals surface area contributed by atoms with Crippen LogP contribution in [0.2, 0.25) is 0 Å². The number of hydrogen-bond acceptors (Lipinski definition) is 4. The van der Waals surface area contributed by atoms with Gasteiger partial charge in [0.25, 0.3) is 0 Å². The molecule has 0 aromatic carbocycles. The fraction of sp³-hybridized carbons (Fsp3) is 0.867. The zero-order valence-corrected chi connectivity index (χ0v) is 12.9. The Kier molecular flexibility index (Phi) is 5.99. The molecular weight excluding hydrogens is 270 g/mol. The number of nitrogens with one attached hydrogen (secondary N) is 1. The summed E-state index contributed by atoms with van der Waals surface area (Å²) in [4.78, 5) is 27.0. The van der Waals surface area contributed by atoms with E-state index in [0.717, 1.165) is 13.1 Å². The van der Waals surface area contributed by atoms with E-state index in [1.807, 2.05) is 0 Å². The second-order valence-electron chi connectivity index (χ2n) is 6.12. The van der Waals surface area contributed by atoms with E-state index in [4.69, 9.17) is 0 Å². The monoisotopic (exact) mass is 297 g/mol. The SMILES string of the molecule is CC(=O)NCCCC(=O)N1C[C@H](O)[C@@H](N2CCCCC2)C1. The number of carbonyl (C=O) groups excluding carboxylic acids is 2. The lowest BCUT2D eigenvalue weighted by atomic mass is 10.1. The Hall–Kier alpha value is -1.14. The molecule has 2 rings (SSSR count). The van der Waals surface area contributed by atoms with Crippen LogP contribution in [0.1, 0.15) is 39.0 Å². The van der Waals surface area contributed by atoms with Gasteiger partial charge in [0.05, 0.1) is 12.1 Å². The van der Waals surface area contributed by atoms with Crippen molar-refractivity contribution in [2.75, 3.05) is 32.7 Å². The number of piperidine rings is 1. The minimum absolute atomic E-state index is 0.0655. The first-order valence-corrected chi connectivity index (χ1v) is 8.02. The van der Waals surface area contributed by atoms with Crippen LogP contribution in [0.5, 0.6) is 0 Å². The number of β-amino-alcohol motifs (C(OH)–C–C–N with tert-alkyl or cyclic N) is 1. The van der Waals surface area contributed by atoms with Gasteiger partial charge in [-0.15, -0.1) is 0 Å². The van der Waals surface area contributed by atoms with Crippen LogP contribution in [-0.2, 0) is 9.59 Å². The van der Waals surface area contributed by atoms with Crippen molar-refractivity contribution >= 4 is 11.8 Å². The Morgan fingerprint density at radius 3 is 2.57 bits per heavy atom. The first kappa shape index (κ1) is 16.2. The van der Waals surface area contributed by atoms with Gasteiger partial charge in [-0.1, -0.05) is 6.42 Å². The van der Waals surface area contributed by atoms with Gasteiger partial charge in [-0.05, 0) is 32.4 Å². The van der Waals surface area contributed by atoms with E-state index >= 15 is 0 Å². The lowest BCUT2D eigenvalue weighted by Crippen LogP contribution is -2.46. The molecule has 2 aliphatic rings. The number of amides is 2. The molecule has 0 spiro atoms. The van der Waals surface area contributed by atoms with E-state index in [9.17, 15) is 14.7 Å². The quantitative estimate of drug-likeness (QED) is 0.699. The smallest absolute Gasteiger partial charge is 0.222 e. The number of rotatable bonds is 5. The molecule has 2 saturated heterocycles. The van der Waals surface area contributed by atoms with Crippen molar-refractivity contribution in [3.05, 3.63) is 0 Å². The molecule has 0 aliphatic carbocycles. The molecule has 6 nitrogen and oxygen atoms in total. The molecule has 0 bridgehead atoms. The maximum absolute atomic E-state index is 12.1. The Labute approximate surface area is 126 Å². The van der Waals surface area contributed by atoms with Crippen molar-refractivity contribution in [1.29, 1.82) is 0 Å². The molecule has 2 heterocycles. The number of likely N-dealkylation sites (tertiary alicyclic amines) is 2. The second-order valence-corrected chi connectivity index (χ2v) is 6.12. The van der Waals surface area contributed by atoms with E-state index in [1.165, 1.54) is 26.2 Å². The number of carbonyl (C=O) groups is 2. The average molecular weight is 297 g/mol. The summed E-state index contributed by atoms with van der Waals surface area (Å²) in [5, 5.41) is 12.9. The number of aliphatic hydroxyl groups is 1. The van der Waals surface area contributed by atoms with Crippen molar-refractivity contribution in [2.45, 2.75) is 51.2 Å². The molecule has 0 aromatic rings. The Morgan fingerprint density at radius 1 is 1.19 bits per heavy atom. The van der Waals surface area contributed by atoms with Crippen LogP contribution in [0.15, 0.2) is 0 Å². The van der Waals surface area contributed by atoms with Crippen LogP contribution >= 0.6 is 0 Å². The number of nitrogens with zero attached hydrogens (tertiary/aromatic N) is 2. The normalized spacial score (nSPS) is 26.9. The topological polar surface area (TPSA) is 72.9 Å². The summed E-state index contributed by atoms with van der Waals surface area (Å²) < 4.78 is 0. The van der Waals surface area contributed by atoms with Crippen LogP contribution in [0.4, 0.5) is 0 Å². The highest BCUT2D eigenvalue weighted by molar-refractivity contribution is 5.77. The first-order valence-electron chi connectivity index (χ1n) is 8.02. The van der Waals surface area contributed by atoms with Gasteiger partial charge < -0.3 is 15.3 Å². The van der Waals surface area contributed by atoms with E-state index < -0.39 is 6.10 Å². The van der Waals surface area contributed by atoms with Gasteiger partial charge in [-0.3, -0.25) is 14.5 Å². The van der Waals surface area contributed by atoms with Crippen LogP contribution < -0.4 is 5.32 Å². The predicted molar refractivity (Wildman–Crippen MR) is 79.7 cm³/mol. The van der Waals surface area contributed by atoms with Gasteiger partial charge in [0.15, 0.2) is 0 Å². The van der Waals surface area contributed by atoms with E-state index in [0.29, 0.717) is 32.5 Å². The summed E-state index contributed by atoms with van der Waals surface area (Å²) in [5.41, 5.74) is 0. The molecule has 0 radical (unpaired) electrons. The standard InChI is InChI=1S/C15H27N3O3/c1-12(19)16-7-5-6-15(21)18-10-13(14(20)11-18)17-8-3-2-4-9-17/h13-14,20H,2-11H2,1H3,(H,16,19)/t13-,14-/m0/s1. The summed E-state index contributed by atoms with van der Waals surface area (Å²) in [6, 6.07) is 0.101. The molecular formula is C15H27N3O3. The molecule has 120 valence electrons. The molecule has 2 fully saturated rings. The molecule has 2 atom stereocenters. The molecule has 0 saturated carbocycles. The van der Waals surface area contributed by atoms with Crippen molar-refractivity contribution < 1.29 is 14.7 Å². The predicted octanol–water partition coefficient (Wildman–Crippen LogP) is -0.0397. The maximum atomic E-state index is 12.1. The van der Waals surface area contributed by atoms with Gasteiger partial charge in [0.1, 0.15) is 0 Å². The van der Waals surface area contributed by atoms with Crippen molar-refractivity contribution in [1.82, 2.24) is 15.1 Å². The highest BCUT2D eigenvalue weighted by Gasteiger charge is 2.37. The van der Waals surface area contributed by atoms with Gasteiger partial charge in [-0.25, -0.2) is 0 Å². The minimum Gasteiger partial charge on any atom is -0.390 e. The van der Waals surface area contributed by atoms with Gasteiger partial charge in [-0.2, -0.15) is 0 Å². The highest BCUT2D eigenvalue weighted by Crippen LogP contribution is 2.21. The van der Waals surface area contributed by atoms with Crippen LogP contribution in [-0.4, -0.2) is 71.6 Å². The van der Waals surface area contributed by atoms with E-state index in [2.05, 4.69) is 10.2 Å². The zero-order chi connectivity index (χ0) is 15.2. The fourth-order valence-corrected chi connectivity index (χ4v) is 3.24. The maximum Gasteiger partial charge on any atom is 0.222 e. The molecule has 2 aliphatic heterocycles. The van der Waals surface area contributed by atoms with Crippen LogP contribution in [0, 0.1) is 0 Å². The lowest BCUT2D eigenvalue weighted by molar-refractivity contribution is -0.131. The van der Waals surface area contributed by atoms with Crippen LogP contribution in [0.3, 0.4) is 0 Å². The Balaban J connectivity index is 1.74. The Morgan fingerprint density at radius 2 is 1.90 bits per heavy atom. The largest absolute Gasteiger partial charge is 0.390 e. The molecule has 2 N–H and O–H groups in total. The average Bonchev–Trinajstić information content (AvgIpc) is 2.86. The van der Waals surface area contributed by atoms with Gasteiger partial charge in [0, 0.05) is 33.0 Å². The number of hydrogen-bond donors (Lipinski definition) is 2. The highest BCUT2D eigenvalue weighted by atomic mass is 16.3. The third-order valence-corrected chi connectivity index (χ3v) is 4.41. The van der Waals surface area contributed by atoms with Gasteiger partial charge >= 0.3 is 0 Å². The fourth-order valence-electron chi connectivity index (χ4n) is 3.24. The summed E-state index contributed by atoms with van der Waals surface area (Å²) in [7, 11) is 0. The second kappa shape index (κ2) is 7.75. The molecule has 0 aromatic heterocycles. The molecule has 0 unspecified atom stereocenters. The zero-order valence-electron chi connectivity index (χ0n) is 12.9. The Bertz CT molecular complexity index is 369. The third kappa shape index (κ3) is 4.68. The summed E-state index contributed by atoms with van der Waals surface area (Å²) in [5.74, 6) is 0.0168. The molecule has 21 heavy (non-hydrogen) atoms. The number of aliphatic hydroxyl groups excluding tert-OH is 1. The van der Waals surface area contributed by atoms with E-state index in [1.54, 1.807) is 4.90 Å². The summed E-state index contributed by atoms with van der Waals surface area (Å²) in [6.45, 7) is 5.16. The van der Waals surface area contributed by atoms with E-state index in [-0.39, 0.29) is 17.9 Å². The molecule has 6 heteroatoms. The van der Waals surface area contributed by atoms with Crippen LogP contribution in [0.25, 0.3) is 0 Å². The lowest BCUT2D eigenvalue weighted by Gasteiger charge is -2.33. The van der Waals surface area contributed by atoms with Gasteiger partial charge in [0.2, 0.25) is 11.8 Å². The minimum atomic E-state index is -0.428. The third-order valence-electron chi connectivity index (χ3n) is 4.41. The van der Waals surface area contributed by atoms with Crippen molar-refractivity contribution in [2.24, 2.45) is 0 Å². The summed E-state index contributed by atoms with van der Waals surface area (Å²) >= 11 is 0. The van der Waals surface area contributed by atoms with Crippen molar-refractivity contribution in [3.8, 4) is 0 Å².